The van der Waals surface area contributed by atoms with Crippen LogP contribution in [-0.4, -0.2) is 49.7 Å². The lowest BCUT2D eigenvalue weighted by Crippen LogP contribution is -2.50. The molecule has 0 N–H and O–H groups in total. The van der Waals surface area contributed by atoms with Crippen LogP contribution in [0.1, 0.15) is 21.5 Å². The zero-order valence-corrected chi connectivity index (χ0v) is 17.3. The molecule has 0 saturated carbocycles. The van der Waals surface area contributed by atoms with Gasteiger partial charge in [0.05, 0.1) is 10.6 Å². The average Bonchev–Trinajstić information content (AvgIpc) is 2.68. The van der Waals surface area contributed by atoms with Crippen molar-refractivity contribution in [3.05, 3.63) is 63.9 Å². The smallest absolute Gasteiger partial charge is 0.336 e. The summed E-state index contributed by atoms with van der Waals surface area (Å²) < 4.78 is 79.1. The molecule has 162 valence electrons. The molecule has 0 unspecified atom stereocenters. The van der Waals surface area contributed by atoms with Gasteiger partial charge in [-0.3, -0.25) is 4.79 Å². The highest BCUT2D eigenvalue weighted by molar-refractivity contribution is 7.89. The number of carbonyl (C=O) groups excluding carboxylic acids is 1. The van der Waals surface area contributed by atoms with Crippen LogP contribution in [-0.2, 0) is 16.2 Å². The van der Waals surface area contributed by atoms with Gasteiger partial charge in [-0.05, 0) is 42.8 Å². The van der Waals surface area contributed by atoms with Crippen molar-refractivity contribution in [1.29, 1.82) is 0 Å². The van der Waals surface area contributed by atoms with E-state index >= 15 is 0 Å². The van der Waals surface area contributed by atoms with E-state index in [1.165, 1.54) is 17.0 Å². The lowest BCUT2D eigenvalue weighted by Gasteiger charge is -2.34. The number of sulfonamides is 1. The Kier molecular flexibility index (Phi) is 6.13. The van der Waals surface area contributed by atoms with E-state index in [0.717, 1.165) is 16.4 Å². The summed E-state index contributed by atoms with van der Waals surface area (Å²) in [6, 6.07) is 5.92. The Bertz CT molecular complexity index is 1080. The van der Waals surface area contributed by atoms with Gasteiger partial charge < -0.3 is 4.90 Å². The number of hydrogen-bond acceptors (Lipinski definition) is 3. The molecular weight excluding hydrogens is 448 g/mol. The molecule has 1 saturated heterocycles. The summed E-state index contributed by atoms with van der Waals surface area (Å²) in [4.78, 5) is 13.4. The van der Waals surface area contributed by atoms with E-state index in [1.54, 1.807) is 6.92 Å². The summed E-state index contributed by atoms with van der Waals surface area (Å²) in [5.74, 6) is -1.01. The van der Waals surface area contributed by atoms with Gasteiger partial charge in [0.15, 0.2) is 0 Å². The molecule has 2 aromatic rings. The second-order valence-corrected chi connectivity index (χ2v) is 9.11. The Morgan fingerprint density at radius 1 is 1.03 bits per heavy atom. The number of benzene rings is 2. The van der Waals surface area contributed by atoms with Gasteiger partial charge in [0.1, 0.15) is 10.7 Å². The molecule has 11 heteroatoms. The Morgan fingerprint density at radius 2 is 1.67 bits per heavy atom. The first-order valence-electron chi connectivity index (χ1n) is 8.83. The van der Waals surface area contributed by atoms with E-state index in [0.29, 0.717) is 17.7 Å². The van der Waals surface area contributed by atoms with Crippen LogP contribution in [0.2, 0.25) is 5.02 Å². The third kappa shape index (κ3) is 4.45. The quantitative estimate of drug-likeness (QED) is 0.646. The molecule has 3 rings (SSSR count). The van der Waals surface area contributed by atoms with Crippen molar-refractivity contribution in [3.63, 3.8) is 0 Å². The minimum atomic E-state index is -4.72. The maximum absolute atomic E-state index is 13.5. The minimum absolute atomic E-state index is 0.00456. The third-order valence-electron chi connectivity index (χ3n) is 4.83. The zero-order chi connectivity index (χ0) is 22.3. The first-order chi connectivity index (χ1) is 13.9. The van der Waals surface area contributed by atoms with Crippen molar-refractivity contribution in [2.24, 2.45) is 0 Å². The number of amides is 1. The van der Waals surface area contributed by atoms with Gasteiger partial charge in [-0.25, -0.2) is 12.8 Å². The number of hydrogen-bond donors (Lipinski definition) is 0. The summed E-state index contributed by atoms with van der Waals surface area (Å²) in [5.41, 5.74) is -0.375. The first-order valence-corrected chi connectivity index (χ1v) is 10.7. The number of alkyl halides is 3. The van der Waals surface area contributed by atoms with Crippen LogP contribution >= 0.6 is 11.6 Å². The number of piperazine rings is 1. The molecular formula is C19H17ClF4N2O3S. The Hall–Kier alpha value is -2.17. The molecule has 2 aromatic carbocycles. The summed E-state index contributed by atoms with van der Waals surface area (Å²) in [7, 11) is -4.30. The fourth-order valence-electron chi connectivity index (χ4n) is 3.14. The Morgan fingerprint density at radius 3 is 2.27 bits per heavy atom. The van der Waals surface area contributed by atoms with Crippen molar-refractivity contribution in [3.8, 4) is 0 Å². The molecule has 0 aromatic heterocycles. The maximum Gasteiger partial charge on any atom is 0.416 e. The SMILES string of the molecule is Cc1ccc(F)cc1C(=O)N1CCN(S(=O)(=O)c2cc(C(F)(F)F)ccc2Cl)CC1. The largest absolute Gasteiger partial charge is 0.416 e. The van der Waals surface area contributed by atoms with Crippen molar-refractivity contribution in [1.82, 2.24) is 9.21 Å². The lowest BCUT2D eigenvalue weighted by molar-refractivity contribution is -0.137. The van der Waals surface area contributed by atoms with Gasteiger partial charge in [0.25, 0.3) is 5.91 Å². The molecule has 5 nitrogen and oxygen atoms in total. The van der Waals surface area contributed by atoms with Crippen LogP contribution in [0.25, 0.3) is 0 Å². The van der Waals surface area contributed by atoms with Crippen molar-refractivity contribution in [2.45, 2.75) is 18.0 Å². The molecule has 1 heterocycles. The summed E-state index contributed by atoms with van der Waals surface area (Å²) >= 11 is 5.87. The van der Waals surface area contributed by atoms with Crippen LogP contribution < -0.4 is 0 Å². The standard InChI is InChI=1S/C19H17ClF4N2O3S/c1-12-2-4-14(21)11-15(12)18(27)25-6-8-26(9-7-25)30(28,29)17-10-13(19(22,23)24)3-5-16(17)20/h2-5,10-11H,6-9H2,1H3. The van der Waals surface area contributed by atoms with Gasteiger partial charge in [-0.2, -0.15) is 17.5 Å². The second-order valence-electron chi connectivity index (χ2n) is 6.80. The average molecular weight is 465 g/mol. The topological polar surface area (TPSA) is 57.7 Å². The third-order valence-corrected chi connectivity index (χ3v) is 7.21. The van der Waals surface area contributed by atoms with E-state index in [4.69, 9.17) is 11.6 Å². The van der Waals surface area contributed by atoms with Crippen LogP contribution in [0.15, 0.2) is 41.3 Å². The number of halogens is 5. The highest BCUT2D eigenvalue weighted by atomic mass is 35.5. The van der Waals surface area contributed by atoms with Gasteiger partial charge in [-0.1, -0.05) is 17.7 Å². The molecule has 0 bridgehead atoms. The normalized spacial score (nSPS) is 16.0. The highest BCUT2D eigenvalue weighted by Gasteiger charge is 2.36. The monoisotopic (exact) mass is 464 g/mol. The van der Waals surface area contributed by atoms with E-state index < -0.39 is 38.4 Å². The fourth-order valence-corrected chi connectivity index (χ4v) is 5.07. The predicted octanol–water partition coefficient (Wildman–Crippen LogP) is 3.95. The molecule has 0 spiro atoms. The lowest BCUT2D eigenvalue weighted by atomic mass is 10.1. The fraction of sp³-hybridized carbons (Fsp3) is 0.316. The van der Waals surface area contributed by atoms with Gasteiger partial charge in [0, 0.05) is 31.7 Å². The van der Waals surface area contributed by atoms with Crippen LogP contribution in [0.3, 0.4) is 0 Å². The number of rotatable bonds is 3. The van der Waals surface area contributed by atoms with Crippen LogP contribution in [0.5, 0.6) is 0 Å². The van der Waals surface area contributed by atoms with Crippen LogP contribution in [0, 0.1) is 12.7 Å². The molecule has 1 aliphatic rings. The molecule has 1 amide bonds. The van der Waals surface area contributed by atoms with Crippen LogP contribution in [0.4, 0.5) is 17.6 Å². The minimum Gasteiger partial charge on any atom is -0.336 e. The summed E-state index contributed by atoms with van der Waals surface area (Å²) in [5, 5.41) is -0.322. The molecule has 0 aliphatic carbocycles. The number of carbonyl (C=O) groups is 1. The highest BCUT2D eigenvalue weighted by Crippen LogP contribution is 2.34. The van der Waals surface area contributed by atoms with Crippen molar-refractivity contribution < 1.29 is 30.8 Å². The van der Waals surface area contributed by atoms with E-state index in [-0.39, 0.29) is 36.8 Å². The number of aryl methyl sites for hydroxylation is 1. The zero-order valence-electron chi connectivity index (χ0n) is 15.7. The Labute approximate surface area is 175 Å². The maximum atomic E-state index is 13.5. The van der Waals surface area contributed by atoms with E-state index in [9.17, 15) is 30.8 Å². The summed E-state index contributed by atoms with van der Waals surface area (Å²) in [6.45, 7) is 1.40. The second kappa shape index (κ2) is 8.16. The molecule has 1 aliphatic heterocycles. The Balaban J connectivity index is 1.79. The molecule has 0 radical (unpaired) electrons. The first kappa shape index (κ1) is 22.5. The van der Waals surface area contributed by atoms with Gasteiger partial charge in [-0.15, -0.1) is 0 Å². The molecule has 30 heavy (non-hydrogen) atoms. The van der Waals surface area contributed by atoms with Crippen molar-refractivity contribution >= 4 is 27.5 Å². The molecule has 1 fully saturated rings. The van der Waals surface area contributed by atoms with E-state index in [1.807, 2.05) is 0 Å². The van der Waals surface area contributed by atoms with Gasteiger partial charge in [0.2, 0.25) is 10.0 Å². The summed E-state index contributed by atoms with van der Waals surface area (Å²) in [6.07, 6.45) is -4.72. The molecule has 0 atom stereocenters. The predicted molar refractivity (Wildman–Crippen MR) is 102 cm³/mol. The van der Waals surface area contributed by atoms with E-state index in [2.05, 4.69) is 0 Å². The number of nitrogens with zero attached hydrogens (tertiary/aromatic N) is 2. The van der Waals surface area contributed by atoms with Gasteiger partial charge >= 0.3 is 6.18 Å². The van der Waals surface area contributed by atoms with Crippen molar-refractivity contribution in [2.75, 3.05) is 26.2 Å².